The zero-order chi connectivity index (χ0) is 13.2. The Morgan fingerprint density at radius 2 is 2.28 bits per heavy atom. The number of rotatable bonds is 5. The number of hydrogen-bond donors (Lipinski definition) is 2. The van der Waals surface area contributed by atoms with Crippen LogP contribution in [0.2, 0.25) is 0 Å². The number of hydrogen-bond acceptors (Lipinski definition) is 3. The molecule has 0 aromatic carbocycles. The Balaban J connectivity index is 2.17. The summed E-state index contributed by atoms with van der Waals surface area (Å²) in [5.74, 6) is 2.32. The Morgan fingerprint density at radius 3 is 2.78 bits per heavy atom. The zero-order valence-electron chi connectivity index (χ0n) is 11.5. The maximum Gasteiger partial charge on any atom is 0.133 e. The molecule has 3 heteroatoms. The minimum Gasteiger partial charge on any atom is -0.463 e. The van der Waals surface area contributed by atoms with Gasteiger partial charge in [-0.05, 0) is 37.3 Å². The maximum atomic E-state index is 10.6. The fourth-order valence-electron chi connectivity index (χ4n) is 3.20. The Morgan fingerprint density at radius 1 is 1.50 bits per heavy atom. The largest absolute Gasteiger partial charge is 0.463 e. The van der Waals surface area contributed by atoms with Crippen LogP contribution >= 0.6 is 0 Å². The van der Waals surface area contributed by atoms with E-state index < -0.39 is 6.10 Å². The van der Waals surface area contributed by atoms with Gasteiger partial charge >= 0.3 is 0 Å². The van der Waals surface area contributed by atoms with Gasteiger partial charge in [0.25, 0.3) is 0 Å². The van der Waals surface area contributed by atoms with Gasteiger partial charge in [-0.2, -0.15) is 0 Å². The maximum absolute atomic E-state index is 10.6. The van der Waals surface area contributed by atoms with Crippen LogP contribution in [0.4, 0.5) is 0 Å². The van der Waals surface area contributed by atoms with Crippen molar-refractivity contribution in [3.63, 3.8) is 0 Å². The summed E-state index contributed by atoms with van der Waals surface area (Å²) >= 11 is 0. The summed E-state index contributed by atoms with van der Waals surface area (Å²) in [6.07, 6.45) is 4.67. The highest BCUT2D eigenvalue weighted by Crippen LogP contribution is 2.50. The first-order valence-corrected chi connectivity index (χ1v) is 7.12. The quantitative estimate of drug-likeness (QED) is 0.845. The zero-order valence-corrected chi connectivity index (χ0v) is 11.5. The first-order chi connectivity index (χ1) is 8.65. The lowest BCUT2D eigenvalue weighted by molar-refractivity contribution is 0.0130. The van der Waals surface area contributed by atoms with E-state index in [1.807, 2.05) is 12.1 Å². The van der Waals surface area contributed by atoms with Crippen LogP contribution in [0.3, 0.4) is 0 Å². The van der Waals surface area contributed by atoms with E-state index in [0.29, 0.717) is 18.2 Å². The van der Waals surface area contributed by atoms with Gasteiger partial charge in [-0.1, -0.05) is 20.3 Å². The van der Waals surface area contributed by atoms with Crippen molar-refractivity contribution < 1.29 is 9.52 Å². The van der Waals surface area contributed by atoms with Gasteiger partial charge in [-0.15, -0.1) is 0 Å². The molecular weight excluding hydrogens is 226 g/mol. The molecule has 3 unspecified atom stereocenters. The minimum atomic E-state index is -0.556. The molecule has 18 heavy (non-hydrogen) atoms. The number of nitrogens with two attached hydrogens (primary N) is 1. The van der Waals surface area contributed by atoms with Crippen molar-refractivity contribution >= 4 is 0 Å². The van der Waals surface area contributed by atoms with Crippen LogP contribution in [0, 0.1) is 11.3 Å². The van der Waals surface area contributed by atoms with E-state index in [1.54, 1.807) is 0 Å². The molecule has 0 saturated heterocycles. The minimum absolute atomic E-state index is 0.177. The number of aryl methyl sites for hydroxylation is 1. The summed E-state index contributed by atoms with van der Waals surface area (Å²) in [5.41, 5.74) is 5.78. The fourth-order valence-corrected chi connectivity index (χ4v) is 3.20. The van der Waals surface area contributed by atoms with Gasteiger partial charge < -0.3 is 15.3 Å². The Hall–Kier alpha value is -0.800. The van der Waals surface area contributed by atoms with Crippen molar-refractivity contribution in [3.8, 4) is 0 Å². The molecule has 1 fully saturated rings. The highest BCUT2D eigenvalue weighted by Gasteiger charge is 2.44. The van der Waals surface area contributed by atoms with Gasteiger partial charge in [0.15, 0.2) is 0 Å². The third-order valence-corrected chi connectivity index (χ3v) is 4.61. The molecule has 3 nitrogen and oxygen atoms in total. The molecule has 0 amide bonds. The molecule has 2 rings (SSSR count). The molecule has 0 radical (unpaired) electrons. The van der Waals surface area contributed by atoms with E-state index >= 15 is 0 Å². The predicted molar refractivity (Wildman–Crippen MR) is 72.2 cm³/mol. The summed E-state index contributed by atoms with van der Waals surface area (Å²) < 4.78 is 5.70. The Labute approximate surface area is 109 Å². The molecule has 102 valence electrons. The van der Waals surface area contributed by atoms with Crippen LogP contribution in [0.25, 0.3) is 0 Å². The third kappa shape index (κ3) is 2.34. The number of aliphatic hydroxyl groups is 1. The highest BCUT2D eigenvalue weighted by atomic mass is 16.4. The Bertz CT molecular complexity index is 388. The van der Waals surface area contributed by atoms with Crippen LogP contribution in [0.1, 0.15) is 57.2 Å². The van der Waals surface area contributed by atoms with E-state index in [0.717, 1.165) is 25.0 Å². The van der Waals surface area contributed by atoms with Gasteiger partial charge in [0.2, 0.25) is 0 Å². The molecule has 1 saturated carbocycles. The van der Waals surface area contributed by atoms with Crippen LogP contribution in [-0.2, 0) is 6.42 Å². The van der Waals surface area contributed by atoms with E-state index in [9.17, 15) is 5.11 Å². The average Bonchev–Trinajstić information content (AvgIpc) is 3.05. The van der Waals surface area contributed by atoms with Crippen LogP contribution in [-0.4, -0.2) is 11.7 Å². The topological polar surface area (TPSA) is 59.4 Å². The van der Waals surface area contributed by atoms with Crippen LogP contribution < -0.4 is 5.73 Å². The second-order valence-corrected chi connectivity index (χ2v) is 5.64. The first kappa shape index (κ1) is 13.6. The second-order valence-electron chi connectivity index (χ2n) is 5.64. The van der Waals surface area contributed by atoms with Crippen molar-refractivity contribution in [2.75, 3.05) is 6.54 Å². The monoisotopic (exact) mass is 251 g/mol. The van der Waals surface area contributed by atoms with Crippen molar-refractivity contribution in [3.05, 3.63) is 23.7 Å². The predicted octanol–water partition coefficient (Wildman–Crippen LogP) is 3.03. The molecule has 1 aromatic rings. The lowest BCUT2D eigenvalue weighted by Gasteiger charge is -2.32. The van der Waals surface area contributed by atoms with Crippen LogP contribution in [0.15, 0.2) is 16.5 Å². The second kappa shape index (κ2) is 5.45. The molecule has 0 spiro atoms. The van der Waals surface area contributed by atoms with Gasteiger partial charge in [0, 0.05) is 18.4 Å². The van der Waals surface area contributed by atoms with Gasteiger partial charge in [0.05, 0.1) is 0 Å². The van der Waals surface area contributed by atoms with Crippen molar-refractivity contribution in [1.82, 2.24) is 0 Å². The smallest absolute Gasteiger partial charge is 0.133 e. The third-order valence-electron chi connectivity index (χ3n) is 4.61. The molecule has 3 N–H and O–H groups in total. The van der Waals surface area contributed by atoms with E-state index in [-0.39, 0.29) is 5.41 Å². The fraction of sp³-hybridized carbons (Fsp3) is 0.733. The van der Waals surface area contributed by atoms with Gasteiger partial charge in [-0.3, -0.25) is 0 Å². The number of furan rings is 1. The number of aliphatic hydroxyl groups excluding tert-OH is 1. The standard InChI is InChI=1S/C15H25NO2/c1-3-11-7-8-15(9-11,10-16)14(17)13-6-5-12(4-2)18-13/h5-6,11,14,17H,3-4,7-10,16H2,1-2H3. The van der Waals surface area contributed by atoms with Crippen molar-refractivity contribution in [2.45, 2.75) is 52.1 Å². The summed E-state index contributed by atoms with van der Waals surface area (Å²) in [6, 6.07) is 3.86. The average molecular weight is 251 g/mol. The van der Waals surface area contributed by atoms with Crippen molar-refractivity contribution in [1.29, 1.82) is 0 Å². The van der Waals surface area contributed by atoms with Gasteiger partial charge in [0.1, 0.15) is 17.6 Å². The lowest BCUT2D eigenvalue weighted by atomic mass is 9.78. The van der Waals surface area contributed by atoms with E-state index in [2.05, 4.69) is 13.8 Å². The van der Waals surface area contributed by atoms with E-state index in [1.165, 1.54) is 12.8 Å². The first-order valence-electron chi connectivity index (χ1n) is 7.12. The van der Waals surface area contributed by atoms with Crippen molar-refractivity contribution in [2.24, 2.45) is 17.1 Å². The summed E-state index contributed by atoms with van der Waals surface area (Å²) in [7, 11) is 0. The highest BCUT2D eigenvalue weighted by molar-refractivity contribution is 5.13. The molecule has 1 aliphatic rings. The summed E-state index contributed by atoms with van der Waals surface area (Å²) in [5, 5.41) is 10.6. The molecule has 0 bridgehead atoms. The van der Waals surface area contributed by atoms with E-state index in [4.69, 9.17) is 10.2 Å². The summed E-state index contributed by atoms with van der Waals surface area (Å²) in [4.78, 5) is 0. The SMILES string of the molecule is CCc1ccc(C(O)C2(CN)CCC(CC)C2)o1. The normalized spacial score (nSPS) is 29.7. The molecule has 1 heterocycles. The summed E-state index contributed by atoms with van der Waals surface area (Å²) in [6.45, 7) is 4.80. The molecular formula is C15H25NO2. The lowest BCUT2D eigenvalue weighted by Crippen LogP contribution is -2.34. The molecule has 0 aliphatic heterocycles. The van der Waals surface area contributed by atoms with Crippen LogP contribution in [0.5, 0.6) is 0 Å². The Kier molecular flexibility index (Phi) is 4.13. The molecule has 3 atom stereocenters. The molecule has 1 aliphatic carbocycles. The van der Waals surface area contributed by atoms with Gasteiger partial charge in [-0.25, -0.2) is 0 Å². The molecule has 1 aromatic heterocycles.